The fourth-order valence-corrected chi connectivity index (χ4v) is 2.26. The lowest BCUT2D eigenvalue weighted by atomic mass is 10.1. The van der Waals surface area contributed by atoms with Gasteiger partial charge in [-0.1, -0.05) is 0 Å². The molecule has 1 aromatic rings. The molecule has 0 saturated carbocycles. The van der Waals surface area contributed by atoms with Gasteiger partial charge in [-0.25, -0.2) is 0 Å². The molecular weight excluding hydrogens is 353 g/mol. The van der Waals surface area contributed by atoms with Gasteiger partial charge in [0.15, 0.2) is 5.96 Å². The van der Waals surface area contributed by atoms with Crippen LogP contribution in [0.25, 0.3) is 0 Å². The Bertz CT molecular complexity index is 359. The molecule has 19 heavy (non-hydrogen) atoms. The van der Waals surface area contributed by atoms with Crippen LogP contribution in [-0.4, -0.2) is 37.0 Å². The number of rotatable bonds is 4. The SMILES string of the molecule is CCNC(=NCCc1ccco1)N1CCCCC1.I. The highest BCUT2D eigenvalue weighted by atomic mass is 127. The summed E-state index contributed by atoms with van der Waals surface area (Å²) >= 11 is 0. The molecule has 1 fully saturated rings. The number of nitrogens with one attached hydrogen (secondary N) is 1. The number of hydrogen-bond acceptors (Lipinski definition) is 2. The Balaban J connectivity index is 0.00000180. The van der Waals surface area contributed by atoms with E-state index in [-0.39, 0.29) is 24.0 Å². The first-order valence-electron chi connectivity index (χ1n) is 6.96. The van der Waals surface area contributed by atoms with Crippen LogP contribution < -0.4 is 5.32 Å². The molecule has 1 saturated heterocycles. The van der Waals surface area contributed by atoms with Gasteiger partial charge in [-0.3, -0.25) is 4.99 Å². The van der Waals surface area contributed by atoms with Crippen LogP contribution in [0.5, 0.6) is 0 Å². The van der Waals surface area contributed by atoms with Crippen LogP contribution in [0.1, 0.15) is 31.9 Å². The number of furan rings is 1. The molecule has 0 spiro atoms. The maximum Gasteiger partial charge on any atom is 0.193 e. The molecule has 0 bridgehead atoms. The predicted molar refractivity (Wildman–Crippen MR) is 89.2 cm³/mol. The van der Waals surface area contributed by atoms with Crippen molar-refractivity contribution in [3.63, 3.8) is 0 Å². The molecule has 1 aliphatic rings. The third kappa shape index (κ3) is 5.42. The molecule has 2 heterocycles. The second kappa shape index (κ2) is 9.23. The molecule has 2 rings (SSSR count). The predicted octanol–water partition coefficient (Wildman–Crippen LogP) is 2.89. The highest BCUT2D eigenvalue weighted by Crippen LogP contribution is 2.09. The zero-order valence-corrected chi connectivity index (χ0v) is 13.9. The maximum atomic E-state index is 5.32. The number of guanidine groups is 1. The average Bonchev–Trinajstić information content (AvgIpc) is 2.92. The number of likely N-dealkylation sites (tertiary alicyclic amines) is 1. The zero-order chi connectivity index (χ0) is 12.6. The summed E-state index contributed by atoms with van der Waals surface area (Å²) in [6, 6.07) is 3.93. The van der Waals surface area contributed by atoms with Crippen molar-refractivity contribution in [2.75, 3.05) is 26.2 Å². The third-order valence-electron chi connectivity index (χ3n) is 3.19. The van der Waals surface area contributed by atoms with Gasteiger partial charge in [0.2, 0.25) is 0 Å². The van der Waals surface area contributed by atoms with E-state index in [1.54, 1.807) is 6.26 Å². The molecule has 1 aliphatic heterocycles. The van der Waals surface area contributed by atoms with Gasteiger partial charge in [0, 0.05) is 32.6 Å². The molecule has 0 atom stereocenters. The fraction of sp³-hybridized carbons (Fsp3) is 0.643. The van der Waals surface area contributed by atoms with Gasteiger partial charge in [0.1, 0.15) is 5.76 Å². The van der Waals surface area contributed by atoms with Gasteiger partial charge >= 0.3 is 0 Å². The van der Waals surface area contributed by atoms with Crippen molar-refractivity contribution in [2.45, 2.75) is 32.6 Å². The quantitative estimate of drug-likeness (QED) is 0.499. The number of hydrogen-bond donors (Lipinski definition) is 1. The van der Waals surface area contributed by atoms with Crippen molar-refractivity contribution in [3.8, 4) is 0 Å². The Morgan fingerprint density at radius 1 is 1.37 bits per heavy atom. The van der Waals surface area contributed by atoms with Gasteiger partial charge in [-0.15, -0.1) is 24.0 Å². The Morgan fingerprint density at radius 2 is 2.16 bits per heavy atom. The molecule has 108 valence electrons. The highest BCUT2D eigenvalue weighted by molar-refractivity contribution is 14.0. The van der Waals surface area contributed by atoms with Crippen LogP contribution in [-0.2, 0) is 6.42 Å². The van der Waals surface area contributed by atoms with Gasteiger partial charge in [0.05, 0.1) is 6.26 Å². The highest BCUT2D eigenvalue weighted by Gasteiger charge is 2.13. The van der Waals surface area contributed by atoms with Crippen molar-refractivity contribution >= 4 is 29.9 Å². The molecule has 5 heteroatoms. The topological polar surface area (TPSA) is 40.8 Å². The van der Waals surface area contributed by atoms with E-state index in [9.17, 15) is 0 Å². The van der Waals surface area contributed by atoms with Crippen LogP contribution >= 0.6 is 24.0 Å². The lowest BCUT2D eigenvalue weighted by Crippen LogP contribution is -2.44. The van der Waals surface area contributed by atoms with Crippen LogP contribution in [0.2, 0.25) is 0 Å². The van der Waals surface area contributed by atoms with E-state index < -0.39 is 0 Å². The summed E-state index contributed by atoms with van der Waals surface area (Å²) < 4.78 is 5.32. The summed E-state index contributed by atoms with van der Waals surface area (Å²) in [7, 11) is 0. The molecule has 0 aliphatic carbocycles. The van der Waals surface area contributed by atoms with Crippen molar-refractivity contribution in [2.24, 2.45) is 4.99 Å². The largest absolute Gasteiger partial charge is 0.469 e. The summed E-state index contributed by atoms with van der Waals surface area (Å²) in [5, 5.41) is 3.38. The van der Waals surface area contributed by atoms with Gasteiger partial charge in [-0.2, -0.15) is 0 Å². The monoisotopic (exact) mass is 377 g/mol. The minimum Gasteiger partial charge on any atom is -0.469 e. The van der Waals surface area contributed by atoms with E-state index in [1.165, 1.54) is 19.3 Å². The Morgan fingerprint density at radius 3 is 2.79 bits per heavy atom. The maximum absolute atomic E-state index is 5.32. The summed E-state index contributed by atoms with van der Waals surface area (Å²) in [6.07, 6.45) is 6.50. The summed E-state index contributed by atoms with van der Waals surface area (Å²) in [5.74, 6) is 2.07. The normalized spacial score (nSPS) is 16.1. The van der Waals surface area contributed by atoms with Gasteiger partial charge in [-0.05, 0) is 38.3 Å². The number of halogens is 1. The molecule has 0 radical (unpaired) electrons. The number of aliphatic imine (C=N–C) groups is 1. The fourth-order valence-electron chi connectivity index (χ4n) is 2.26. The van der Waals surface area contributed by atoms with Crippen LogP contribution in [0, 0.1) is 0 Å². The summed E-state index contributed by atoms with van der Waals surface area (Å²) in [6.45, 7) is 6.09. The van der Waals surface area contributed by atoms with Gasteiger partial charge in [0.25, 0.3) is 0 Å². The Kier molecular flexibility index (Phi) is 7.93. The Hall–Kier alpha value is -0.720. The molecule has 4 nitrogen and oxygen atoms in total. The van der Waals surface area contributed by atoms with E-state index in [4.69, 9.17) is 4.42 Å². The first-order valence-corrected chi connectivity index (χ1v) is 6.96. The minimum absolute atomic E-state index is 0. The van der Waals surface area contributed by atoms with E-state index >= 15 is 0 Å². The lowest BCUT2D eigenvalue weighted by Gasteiger charge is -2.30. The summed E-state index contributed by atoms with van der Waals surface area (Å²) in [4.78, 5) is 7.05. The van der Waals surface area contributed by atoms with E-state index in [1.807, 2.05) is 12.1 Å². The standard InChI is InChI=1S/C14H23N3O.HI/c1-2-15-14(17-10-4-3-5-11-17)16-9-8-13-7-6-12-18-13;/h6-7,12H,2-5,8-11H2,1H3,(H,15,16);1H. The summed E-state index contributed by atoms with van der Waals surface area (Å²) in [5.41, 5.74) is 0. The van der Waals surface area contributed by atoms with Crippen molar-refractivity contribution in [3.05, 3.63) is 24.2 Å². The molecule has 0 unspecified atom stereocenters. The van der Waals surface area contributed by atoms with Crippen molar-refractivity contribution < 1.29 is 4.42 Å². The number of nitrogens with zero attached hydrogens (tertiary/aromatic N) is 2. The van der Waals surface area contributed by atoms with E-state index in [2.05, 4.69) is 22.1 Å². The van der Waals surface area contributed by atoms with E-state index in [0.29, 0.717) is 0 Å². The molecule has 1 N–H and O–H groups in total. The third-order valence-corrected chi connectivity index (χ3v) is 3.19. The molecule has 0 aromatic carbocycles. The van der Waals surface area contributed by atoms with Crippen molar-refractivity contribution in [1.82, 2.24) is 10.2 Å². The second-order valence-corrected chi connectivity index (χ2v) is 4.61. The van der Waals surface area contributed by atoms with Crippen LogP contribution in [0.4, 0.5) is 0 Å². The molecule has 1 aromatic heterocycles. The van der Waals surface area contributed by atoms with Gasteiger partial charge < -0.3 is 14.6 Å². The molecule has 0 amide bonds. The molecular formula is C14H24IN3O. The van der Waals surface area contributed by atoms with E-state index in [0.717, 1.165) is 44.3 Å². The van der Waals surface area contributed by atoms with Crippen LogP contribution in [0.15, 0.2) is 27.8 Å². The first-order chi connectivity index (χ1) is 8.90. The smallest absolute Gasteiger partial charge is 0.193 e. The van der Waals surface area contributed by atoms with Crippen molar-refractivity contribution in [1.29, 1.82) is 0 Å². The van der Waals surface area contributed by atoms with Crippen LogP contribution in [0.3, 0.4) is 0 Å². The second-order valence-electron chi connectivity index (χ2n) is 4.61. The minimum atomic E-state index is 0. The average molecular weight is 377 g/mol. The zero-order valence-electron chi connectivity index (χ0n) is 11.6. The first kappa shape index (κ1) is 16.3. The lowest BCUT2D eigenvalue weighted by molar-refractivity contribution is 0.331. The number of piperidine rings is 1. The Labute approximate surface area is 132 Å².